The number of amides is 1. The number of methoxy groups -OCH3 is 3. The number of carbonyl (C=O) groups is 2. The zero-order valence-electron chi connectivity index (χ0n) is 22.5. The van der Waals surface area contributed by atoms with E-state index >= 15 is 0 Å². The van der Waals surface area contributed by atoms with Crippen LogP contribution in [0.2, 0.25) is 0 Å². The van der Waals surface area contributed by atoms with E-state index in [0.717, 1.165) is 18.4 Å². The molecule has 0 unspecified atom stereocenters. The van der Waals surface area contributed by atoms with Crippen LogP contribution >= 0.6 is 0 Å². The molecule has 1 atom stereocenters. The molecule has 1 aliphatic heterocycles. The van der Waals surface area contributed by atoms with Gasteiger partial charge in [-0.25, -0.2) is 0 Å². The van der Waals surface area contributed by atoms with Gasteiger partial charge in [0, 0.05) is 24.5 Å². The number of benzene rings is 2. The third-order valence-electron chi connectivity index (χ3n) is 6.53. The van der Waals surface area contributed by atoms with E-state index in [1.54, 1.807) is 54.9 Å². The normalized spacial score (nSPS) is 16.3. The minimum Gasteiger partial charge on any atom is -0.507 e. The molecule has 1 saturated heterocycles. The van der Waals surface area contributed by atoms with Crippen LogP contribution in [0.4, 0.5) is 0 Å². The fraction of sp³-hybridized carbons (Fsp3) is 0.300. The van der Waals surface area contributed by atoms with Gasteiger partial charge in [0.15, 0.2) is 23.0 Å². The zero-order chi connectivity index (χ0) is 27.9. The van der Waals surface area contributed by atoms with Gasteiger partial charge in [0.2, 0.25) is 0 Å². The van der Waals surface area contributed by atoms with Crippen LogP contribution in [-0.2, 0) is 16.1 Å². The number of likely N-dealkylation sites (tertiary alicyclic amines) is 1. The lowest BCUT2D eigenvalue weighted by molar-refractivity contribution is -0.140. The number of ether oxygens (including phenoxy) is 4. The molecular weight excluding hydrogens is 500 g/mol. The zero-order valence-corrected chi connectivity index (χ0v) is 22.5. The van der Waals surface area contributed by atoms with Crippen LogP contribution in [0, 0.1) is 0 Å². The highest BCUT2D eigenvalue weighted by atomic mass is 16.5. The van der Waals surface area contributed by atoms with Gasteiger partial charge in [0.05, 0.1) is 39.6 Å². The van der Waals surface area contributed by atoms with Crippen molar-refractivity contribution in [2.24, 2.45) is 0 Å². The molecule has 4 rings (SSSR count). The standard InChI is InChI=1S/C30H32N2O7/c1-5-6-14-39-23-12-9-20(15-25(23)38-4)27-26(28(33)21-10-11-22(36-2)24(16-21)37-3)29(34)30(35)32(27)18-19-8-7-13-31-17-19/h7-13,15-17,27,33H,5-6,14,18H2,1-4H3/t27-/m1/s1. The lowest BCUT2D eigenvalue weighted by Gasteiger charge is -2.26. The first kappa shape index (κ1) is 27.5. The lowest BCUT2D eigenvalue weighted by atomic mass is 9.94. The third kappa shape index (κ3) is 5.67. The second kappa shape index (κ2) is 12.3. The number of nitrogens with zero attached hydrogens (tertiary/aromatic N) is 2. The molecule has 39 heavy (non-hydrogen) atoms. The Morgan fingerprint density at radius 1 is 0.949 bits per heavy atom. The molecule has 3 aromatic rings. The first-order valence-corrected chi connectivity index (χ1v) is 12.6. The maximum Gasteiger partial charge on any atom is 0.295 e. The van der Waals surface area contributed by atoms with Gasteiger partial charge < -0.3 is 29.0 Å². The maximum absolute atomic E-state index is 13.4. The van der Waals surface area contributed by atoms with Crippen molar-refractivity contribution in [1.29, 1.82) is 0 Å². The van der Waals surface area contributed by atoms with Gasteiger partial charge in [-0.15, -0.1) is 0 Å². The van der Waals surface area contributed by atoms with Gasteiger partial charge in [0.25, 0.3) is 11.7 Å². The van der Waals surface area contributed by atoms with Crippen LogP contribution < -0.4 is 18.9 Å². The molecule has 9 nitrogen and oxygen atoms in total. The monoisotopic (exact) mass is 532 g/mol. The number of aromatic nitrogens is 1. The Bertz CT molecular complexity index is 1370. The number of Topliss-reactive ketones (excluding diaryl/α,β-unsaturated/α-hetero) is 1. The minimum atomic E-state index is -0.892. The van der Waals surface area contributed by atoms with E-state index < -0.39 is 17.7 Å². The average molecular weight is 533 g/mol. The van der Waals surface area contributed by atoms with Crippen molar-refractivity contribution in [1.82, 2.24) is 9.88 Å². The van der Waals surface area contributed by atoms with Crippen LogP contribution in [0.15, 0.2) is 66.5 Å². The molecule has 1 aromatic heterocycles. The summed E-state index contributed by atoms with van der Waals surface area (Å²) in [5, 5.41) is 11.4. The van der Waals surface area contributed by atoms with E-state index in [2.05, 4.69) is 11.9 Å². The summed E-state index contributed by atoms with van der Waals surface area (Å²) in [6.07, 6.45) is 5.14. The number of aliphatic hydroxyl groups is 1. The molecule has 0 saturated carbocycles. The van der Waals surface area contributed by atoms with Crippen molar-refractivity contribution in [2.45, 2.75) is 32.4 Å². The molecule has 2 heterocycles. The first-order valence-electron chi connectivity index (χ1n) is 12.6. The molecule has 0 radical (unpaired) electrons. The Balaban J connectivity index is 1.85. The molecule has 0 aliphatic carbocycles. The van der Waals surface area contributed by atoms with Gasteiger partial charge in [-0.2, -0.15) is 0 Å². The highest BCUT2D eigenvalue weighted by molar-refractivity contribution is 6.46. The van der Waals surface area contributed by atoms with Gasteiger partial charge in [-0.05, 0) is 53.9 Å². The van der Waals surface area contributed by atoms with E-state index in [9.17, 15) is 14.7 Å². The van der Waals surface area contributed by atoms with Crippen LogP contribution in [-0.4, -0.2) is 54.6 Å². The first-order chi connectivity index (χ1) is 18.9. The van der Waals surface area contributed by atoms with Crippen LogP contribution in [0.25, 0.3) is 5.76 Å². The van der Waals surface area contributed by atoms with E-state index in [4.69, 9.17) is 18.9 Å². The maximum atomic E-state index is 13.4. The van der Waals surface area contributed by atoms with Gasteiger partial charge >= 0.3 is 0 Å². The quantitative estimate of drug-likeness (QED) is 0.161. The minimum absolute atomic E-state index is 0.0437. The molecule has 9 heteroatoms. The highest BCUT2D eigenvalue weighted by Gasteiger charge is 2.46. The Hall–Kier alpha value is -4.53. The molecule has 1 aliphatic rings. The van der Waals surface area contributed by atoms with Crippen molar-refractivity contribution in [3.05, 3.63) is 83.2 Å². The summed E-state index contributed by atoms with van der Waals surface area (Å²) in [7, 11) is 4.51. The number of hydrogen-bond acceptors (Lipinski definition) is 8. The topological polar surface area (TPSA) is 107 Å². The Kier molecular flexibility index (Phi) is 8.70. The molecular formula is C30H32N2O7. The fourth-order valence-corrected chi connectivity index (χ4v) is 4.52. The summed E-state index contributed by atoms with van der Waals surface area (Å²) in [5.74, 6) is 0.00575. The number of aliphatic hydroxyl groups excluding tert-OH is 1. The SMILES string of the molecule is CCCCOc1ccc([C@@H]2C(=C(O)c3ccc(OC)c(OC)c3)C(=O)C(=O)N2Cc2cccnc2)cc1OC. The number of unbranched alkanes of at least 4 members (excludes halogenated alkanes) is 1. The van der Waals surface area contributed by atoms with E-state index in [1.807, 2.05) is 6.07 Å². The Morgan fingerprint density at radius 2 is 1.67 bits per heavy atom. The second-order valence-electron chi connectivity index (χ2n) is 8.97. The van der Waals surface area contributed by atoms with E-state index in [0.29, 0.717) is 40.7 Å². The van der Waals surface area contributed by atoms with Crippen molar-refractivity contribution < 1.29 is 33.6 Å². The van der Waals surface area contributed by atoms with Crippen molar-refractivity contribution >= 4 is 17.4 Å². The summed E-state index contributed by atoms with van der Waals surface area (Å²) in [6, 6.07) is 12.7. The fourth-order valence-electron chi connectivity index (χ4n) is 4.52. The summed E-state index contributed by atoms with van der Waals surface area (Å²) in [6.45, 7) is 2.72. The molecule has 1 fully saturated rings. The van der Waals surface area contributed by atoms with Crippen LogP contribution in [0.1, 0.15) is 42.5 Å². The van der Waals surface area contributed by atoms with Crippen molar-refractivity contribution in [3.8, 4) is 23.0 Å². The number of rotatable bonds is 11. The van der Waals surface area contributed by atoms with E-state index in [1.165, 1.54) is 26.2 Å². The van der Waals surface area contributed by atoms with Gasteiger partial charge in [-0.1, -0.05) is 25.5 Å². The van der Waals surface area contributed by atoms with Crippen LogP contribution in [0.3, 0.4) is 0 Å². The summed E-state index contributed by atoms with van der Waals surface area (Å²) in [4.78, 5) is 32.4. The average Bonchev–Trinajstić information content (AvgIpc) is 3.22. The largest absolute Gasteiger partial charge is 0.507 e. The summed E-state index contributed by atoms with van der Waals surface area (Å²) in [5.41, 5.74) is 1.59. The van der Waals surface area contributed by atoms with Crippen LogP contribution in [0.5, 0.6) is 23.0 Å². The second-order valence-corrected chi connectivity index (χ2v) is 8.97. The molecule has 0 bridgehead atoms. The number of hydrogen-bond donors (Lipinski definition) is 1. The number of carbonyl (C=O) groups excluding carboxylic acids is 2. The molecule has 204 valence electrons. The molecule has 0 spiro atoms. The van der Waals surface area contributed by atoms with Crippen molar-refractivity contribution in [3.63, 3.8) is 0 Å². The predicted octanol–water partition coefficient (Wildman–Crippen LogP) is 4.91. The Morgan fingerprint density at radius 3 is 2.33 bits per heavy atom. The van der Waals surface area contributed by atoms with E-state index in [-0.39, 0.29) is 17.9 Å². The highest BCUT2D eigenvalue weighted by Crippen LogP contribution is 2.43. The summed E-state index contributed by atoms with van der Waals surface area (Å²) < 4.78 is 22.1. The van der Waals surface area contributed by atoms with Gasteiger partial charge in [0.1, 0.15) is 5.76 Å². The van der Waals surface area contributed by atoms with Gasteiger partial charge in [-0.3, -0.25) is 14.6 Å². The third-order valence-corrected chi connectivity index (χ3v) is 6.53. The van der Waals surface area contributed by atoms with Crippen molar-refractivity contribution in [2.75, 3.05) is 27.9 Å². The smallest absolute Gasteiger partial charge is 0.295 e. The molecule has 2 aromatic carbocycles. The molecule has 1 amide bonds. The Labute approximate surface area is 227 Å². The predicted molar refractivity (Wildman–Crippen MR) is 145 cm³/mol. The number of ketones is 1. The lowest BCUT2D eigenvalue weighted by Crippen LogP contribution is -2.29. The summed E-state index contributed by atoms with van der Waals surface area (Å²) >= 11 is 0. The molecule has 1 N–H and O–H groups in total. The number of pyridine rings is 1.